The number of nitrogens with one attached hydrogen (secondary N) is 1. The molecule has 0 radical (unpaired) electrons. The molecule has 1 aliphatic rings. The average Bonchev–Trinajstić information content (AvgIpc) is 2.79. The number of ether oxygens (including phenoxy) is 1. The first-order valence-electron chi connectivity index (χ1n) is 9.57. The number of piperidine rings is 1. The molecule has 2 aromatic carbocycles. The van der Waals surface area contributed by atoms with Gasteiger partial charge in [0.1, 0.15) is 5.75 Å². The lowest BCUT2D eigenvalue weighted by molar-refractivity contribution is -0.126. The molecule has 0 spiro atoms. The third-order valence-electron chi connectivity index (χ3n) is 5.04. The maximum atomic E-state index is 12.6. The van der Waals surface area contributed by atoms with Crippen molar-refractivity contribution in [1.29, 1.82) is 0 Å². The summed E-state index contributed by atoms with van der Waals surface area (Å²) in [5.41, 5.74) is 3.99. The fourth-order valence-corrected chi connectivity index (χ4v) is 3.23. The molecule has 1 fully saturated rings. The number of hydrogen-bond acceptors (Lipinski definition) is 5. The van der Waals surface area contributed by atoms with Crippen LogP contribution in [0.1, 0.15) is 39.1 Å². The third-order valence-corrected chi connectivity index (χ3v) is 5.04. The molecule has 1 aliphatic heterocycles. The van der Waals surface area contributed by atoms with Gasteiger partial charge in [-0.1, -0.05) is 12.1 Å². The molecule has 1 saturated heterocycles. The molecule has 2 N–H and O–H groups in total. The Kier molecular flexibility index (Phi) is 6.79. The number of benzene rings is 2. The van der Waals surface area contributed by atoms with E-state index in [-0.39, 0.29) is 23.3 Å². The molecule has 156 valence electrons. The van der Waals surface area contributed by atoms with Crippen LogP contribution in [0.5, 0.6) is 5.75 Å². The average molecular weight is 409 g/mol. The van der Waals surface area contributed by atoms with Crippen molar-refractivity contribution in [2.75, 3.05) is 20.2 Å². The zero-order chi connectivity index (χ0) is 21.5. The van der Waals surface area contributed by atoms with Gasteiger partial charge in [-0.05, 0) is 54.8 Å². The van der Waals surface area contributed by atoms with Crippen molar-refractivity contribution in [1.82, 2.24) is 10.3 Å². The molecule has 3 rings (SSSR count). The van der Waals surface area contributed by atoms with Crippen molar-refractivity contribution in [3.63, 3.8) is 0 Å². The molecule has 1 heterocycles. The first-order chi connectivity index (χ1) is 14.5. The van der Waals surface area contributed by atoms with E-state index >= 15 is 0 Å². The number of methoxy groups -OCH3 is 1. The molecule has 0 aromatic heterocycles. The van der Waals surface area contributed by atoms with Crippen LogP contribution in [0.2, 0.25) is 0 Å². The fraction of sp³-hybridized carbons (Fsp3) is 0.273. The van der Waals surface area contributed by atoms with Crippen molar-refractivity contribution >= 4 is 24.0 Å². The van der Waals surface area contributed by atoms with Crippen molar-refractivity contribution in [2.24, 2.45) is 11.0 Å². The van der Waals surface area contributed by atoms with Crippen LogP contribution in [0, 0.1) is 5.92 Å². The van der Waals surface area contributed by atoms with E-state index in [0.29, 0.717) is 42.8 Å². The van der Waals surface area contributed by atoms with Crippen molar-refractivity contribution in [2.45, 2.75) is 12.8 Å². The highest BCUT2D eigenvalue weighted by molar-refractivity contribution is 5.94. The van der Waals surface area contributed by atoms with Crippen LogP contribution >= 0.6 is 0 Å². The van der Waals surface area contributed by atoms with Gasteiger partial charge >= 0.3 is 5.97 Å². The van der Waals surface area contributed by atoms with Crippen molar-refractivity contribution in [3.05, 3.63) is 65.2 Å². The first-order valence-corrected chi connectivity index (χ1v) is 9.57. The van der Waals surface area contributed by atoms with Gasteiger partial charge in [-0.2, -0.15) is 5.10 Å². The smallest absolute Gasteiger partial charge is 0.335 e. The highest BCUT2D eigenvalue weighted by Gasteiger charge is 2.27. The zero-order valence-electron chi connectivity index (χ0n) is 16.6. The number of carboxylic acid groups (broad SMARTS) is 1. The maximum absolute atomic E-state index is 12.6. The van der Waals surface area contributed by atoms with Gasteiger partial charge in [0.25, 0.3) is 5.91 Å². The van der Waals surface area contributed by atoms with E-state index in [0.717, 1.165) is 0 Å². The molecule has 2 aromatic rings. The predicted octanol–water partition coefficient (Wildman–Crippen LogP) is 2.40. The Balaban J connectivity index is 1.47. The van der Waals surface area contributed by atoms with Gasteiger partial charge in [-0.25, -0.2) is 10.2 Å². The summed E-state index contributed by atoms with van der Waals surface area (Å²) >= 11 is 0. The number of carbonyl (C=O) groups is 3. The van der Waals surface area contributed by atoms with E-state index in [1.807, 2.05) is 0 Å². The number of hydrogen-bond donors (Lipinski definition) is 2. The predicted molar refractivity (Wildman–Crippen MR) is 111 cm³/mol. The Morgan fingerprint density at radius 2 is 1.63 bits per heavy atom. The van der Waals surface area contributed by atoms with Gasteiger partial charge < -0.3 is 14.7 Å². The Bertz CT molecular complexity index is 930. The minimum atomic E-state index is -0.997. The lowest BCUT2D eigenvalue weighted by Crippen LogP contribution is -2.42. The van der Waals surface area contributed by atoms with Crippen LogP contribution in [0.25, 0.3) is 0 Å². The Labute approximate surface area is 174 Å². The van der Waals surface area contributed by atoms with Gasteiger partial charge in [0, 0.05) is 24.6 Å². The number of rotatable bonds is 6. The van der Waals surface area contributed by atoms with Crippen molar-refractivity contribution < 1.29 is 24.2 Å². The third kappa shape index (κ3) is 5.22. The molecule has 0 unspecified atom stereocenters. The second-order valence-electron chi connectivity index (χ2n) is 6.96. The standard InChI is InChI=1S/C22H23N3O5/c1-30-19-8-6-17(7-9-19)21(27)25-12-10-16(11-13-25)20(26)24-23-14-15-2-4-18(5-3-15)22(28)29/h2-9,14,16H,10-13H2,1H3,(H,24,26)(H,28,29). The fourth-order valence-electron chi connectivity index (χ4n) is 3.23. The van der Waals surface area contributed by atoms with Crippen LogP contribution in [0.4, 0.5) is 0 Å². The summed E-state index contributed by atoms with van der Waals surface area (Å²) in [6.45, 7) is 1.01. The largest absolute Gasteiger partial charge is 0.497 e. The van der Waals surface area contributed by atoms with Crippen LogP contribution in [0.15, 0.2) is 53.6 Å². The van der Waals surface area contributed by atoms with E-state index in [4.69, 9.17) is 9.84 Å². The SMILES string of the molecule is COc1ccc(C(=O)N2CCC(C(=O)NN=Cc3ccc(C(=O)O)cc3)CC2)cc1. The number of nitrogens with zero attached hydrogens (tertiary/aromatic N) is 2. The van der Waals surface area contributed by atoms with Crippen LogP contribution in [-0.2, 0) is 4.79 Å². The topological polar surface area (TPSA) is 108 Å². The van der Waals surface area contributed by atoms with E-state index in [9.17, 15) is 14.4 Å². The van der Waals surface area contributed by atoms with Crippen LogP contribution in [0.3, 0.4) is 0 Å². The second kappa shape index (κ2) is 9.69. The van der Waals surface area contributed by atoms with E-state index < -0.39 is 5.97 Å². The molecule has 8 nitrogen and oxygen atoms in total. The number of amides is 2. The number of carboxylic acids is 1. The number of likely N-dealkylation sites (tertiary alicyclic amines) is 1. The number of carbonyl (C=O) groups excluding carboxylic acids is 2. The van der Waals surface area contributed by atoms with Gasteiger partial charge in [0.05, 0.1) is 18.9 Å². The molecule has 0 aliphatic carbocycles. The van der Waals surface area contributed by atoms with E-state index in [1.54, 1.807) is 48.4 Å². The molecule has 30 heavy (non-hydrogen) atoms. The van der Waals surface area contributed by atoms with E-state index in [2.05, 4.69) is 10.5 Å². The summed E-state index contributed by atoms with van der Waals surface area (Å²) in [6.07, 6.45) is 2.60. The quantitative estimate of drug-likeness (QED) is 0.563. The highest BCUT2D eigenvalue weighted by Crippen LogP contribution is 2.20. The van der Waals surface area contributed by atoms with Crippen LogP contribution < -0.4 is 10.2 Å². The highest BCUT2D eigenvalue weighted by atomic mass is 16.5. The lowest BCUT2D eigenvalue weighted by Gasteiger charge is -2.31. The van der Waals surface area contributed by atoms with Gasteiger partial charge in [0.15, 0.2) is 0 Å². The molecular weight excluding hydrogens is 386 g/mol. The van der Waals surface area contributed by atoms with Crippen molar-refractivity contribution in [3.8, 4) is 5.75 Å². The summed E-state index contributed by atoms with van der Waals surface area (Å²) < 4.78 is 5.11. The first kappa shape index (κ1) is 21.0. The monoisotopic (exact) mass is 409 g/mol. The Morgan fingerprint density at radius 3 is 2.20 bits per heavy atom. The Hall–Kier alpha value is -3.68. The molecule has 0 saturated carbocycles. The summed E-state index contributed by atoms with van der Waals surface area (Å²) in [5.74, 6) is -0.760. The molecule has 8 heteroatoms. The molecular formula is C22H23N3O5. The Morgan fingerprint density at radius 1 is 1.03 bits per heavy atom. The molecule has 2 amide bonds. The van der Waals surface area contributed by atoms with Gasteiger partial charge in [-0.3, -0.25) is 9.59 Å². The summed E-state index contributed by atoms with van der Waals surface area (Å²) in [6, 6.07) is 13.1. The van der Waals surface area contributed by atoms with E-state index in [1.165, 1.54) is 18.3 Å². The minimum Gasteiger partial charge on any atom is -0.497 e. The lowest BCUT2D eigenvalue weighted by atomic mass is 9.95. The number of hydrazone groups is 1. The minimum absolute atomic E-state index is 0.0562. The van der Waals surface area contributed by atoms with Crippen LogP contribution in [-0.4, -0.2) is 54.2 Å². The number of aromatic carboxylic acids is 1. The summed E-state index contributed by atoms with van der Waals surface area (Å²) in [4.78, 5) is 37.5. The molecule has 0 atom stereocenters. The van der Waals surface area contributed by atoms with Gasteiger partial charge in [-0.15, -0.1) is 0 Å². The second-order valence-corrected chi connectivity index (χ2v) is 6.96. The maximum Gasteiger partial charge on any atom is 0.335 e. The zero-order valence-corrected chi connectivity index (χ0v) is 16.6. The van der Waals surface area contributed by atoms with Gasteiger partial charge in [0.2, 0.25) is 5.91 Å². The molecule has 0 bridgehead atoms. The summed E-state index contributed by atoms with van der Waals surface area (Å²) in [7, 11) is 1.58. The normalized spacial score (nSPS) is 14.5. The summed E-state index contributed by atoms with van der Waals surface area (Å²) in [5, 5.41) is 12.8.